The summed E-state index contributed by atoms with van der Waals surface area (Å²) in [6.07, 6.45) is 1.23. The van der Waals surface area contributed by atoms with Crippen molar-refractivity contribution in [3.63, 3.8) is 0 Å². The van der Waals surface area contributed by atoms with Crippen LogP contribution in [-0.4, -0.2) is 47.1 Å². The van der Waals surface area contributed by atoms with Gasteiger partial charge in [0.25, 0.3) is 5.91 Å². The summed E-state index contributed by atoms with van der Waals surface area (Å²) in [7, 11) is 1.73. The summed E-state index contributed by atoms with van der Waals surface area (Å²) in [5.41, 5.74) is 0.973. The third kappa shape index (κ3) is 3.59. The number of ketones is 1. The fraction of sp³-hybridized carbons (Fsp3) is 0.538. The molecule has 2 heterocycles. The average molecular weight is 302 g/mol. The van der Waals surface area contributed by atoms with Crippen LogP contribution in [0.5, 0.6) is 0 Å². The van der Waals surface area contributed by atoms with Crippen LogP contribution in [0.4, 0.5) is 0 Å². The first kappa shape index (κ1) is 16.7. The van der Waals surface area contributed by atoms with Crippen LogP contribution in [0, 0.1) is 5.92 Å². The first-order valence-corrected chi connectivity index (χ1v) is 6.33. The second-order valence-electron chi connectivity index (χ2n) is 4.98. The van der Waals surface area contributed by atoms with E-state index in [4.69, 9.17) is 0 Å². The number of Topliss-reactive ketones (excluding diaryl/α,β-unsaturated/α-hetero) is 1. The smallest absolute Gasteiger partial charge is 0.267 e. The lowest BCUT2D eigenvalue weighted by atomic mass is 10.1. The molecule has 20 heavy (non-hydrogen) atoms. The Bertz CT molecular complexity index is 501. The fourth-order valence-corrected chi connectivity index (χ4v) is 2.22. The molecule has 0 bridgehead atoms. The Hall–Kier alpha value is -1.37. The van der Waals surface area contributed by atoms with Gasteiger partial charge in [-0.1, -0.05) is 0 Å². The van der Waals surface area contributed by atoms with E-state index in [-0.39, 0.29) is 30.0 Å². The van der Waals surface area contributed by atoms with Crippen molar-refractivity contribution in [3.05, 3.63) is 23.5 Å². The molecule has 1 saturated heterocycles. The molecule has 112 valence electrons. The molecule has 1 aromatic heterocycles. The Labute approximate surface area is 123 Å². The van der Waals surface area contributed by atoms with Crippen LogP contribution >= 0.6 is 12.4 Å². The molecular formula is C13H20ClN3O3. The molecule has 1 aliphatic rings. The molecule has 2 rings (SSSR count). The Morgan fingerprint density at radius 3 is 2.70 bits per heavy atom. The summed E-state index contributed by atoms with van der Waals surface area (Å²) in [5.74, 6) is -0.254. The molecule has 1 fully saturated rings. The van der Waals surface area contributed by atoms with Crippen LogP contribution in [0.3, 0.4) is 0 Å². The van der Waals surface area contributed by atoms with E-state index in [0.29, 0.717) is 30.9 Å². The van der Waals surface area contributed by atoms with Crippen molar-refractivity contribution in [1.29, 1.82) is 0 Å². The molecule has 7 heteroatoms. The van der Waals surface area contributed by atoms with Crippen molar-refractivity contribution in [1.82, 2.24) is 15.2 Å². The Balaban J connectivity index is 0.00000200. The zero-order chi connectivity index (χ0) is 14.0. The minimum atomic E-state index is -0.415. The van der Waals surface area contributed by atoms with E-state index >= 15 is 0 Å². The monoisotopic (exact) mass is 301 g/mol. The van der Waals surface area contributed by atoms with Gasteiger partial charge in [-0.3, -0.25) is 9.59 Å². The van der Waals surface area contributed by atoms with Crippen molar-refractivity contribution < 1.29 is 14.7 Å². The number of carbonyl (C=O) groups is 2. The van der Waals surface area contributed by atoms with Gasteiger partial charge in [-0.25, -0.2) is 0 Å². The number of β-amino-alcohol motifs (C(OH)–C–C–N with tert-alkyl or cyclic N) is 1. The molecule has 1 amide bonds. The number of carbonyl (C=O) groups excluding carboxylic acids is 2. The molecule has 2 unspecified atom stereocenters. The summed E-state index contributed by atoms with van der Waals surface area (Å²) < 4.78 is 1.63. The number of nitrogens with one attached hydrogen (secondary N) is 2. The lowest BCUT2D eigenvalue weighted by molar-refractivity contribution is 0.0919. The van der Waals surface area contributed by atoms with E-state index in [9.17, 15) is 14.7 Å². The van der Waals surface area contributed by atoms with Gasteiger partial charge in [0.1, 0.15) is 5.69 Å². The van der Waals surface area contributed by atoms with Crippen LogP contribution in [-0.2, 0) is 7.05 Å². The maximum Gasteiger partial charge on any atom is 0.267 e. The van der Waals surface area contributed by atoms with Crippen LogP contribution in [0.15, 0.2) is 12.3 Å². The summed E-state index contributed by atoms with van der Waals surface area (Å²) >= 11 is 0. The Morgan fingerprint density at radius 2 is 2.20 bits per heavy atom. The molecular weight excluding hydrogens is 282 g/mol. The largest absolute Gasteiger partial charge is 0.391 e. The van der Waals surface area contributed by atoms with E-state index in [1.54, 1.807) is 23.9 Å². The predicted octanol–water partition coefficient (Wildman–Crippen LogP) is -0.0404. The predicted molar refractivity (Wildman–Crippen MR) is 77.4 cm³/mol. The van der Waals surface area contributed by atoms with E-state index in [2.05, 4.69) is 10.6 Å². The highest BCUT2D eigenvalue weighted by Crippen LogP contribution is 2.10. The van der Waals surface area contributed by atoms with Crippen molar-refractivity contribution in [2.45, 2.75) is 13.0 Å². The second-order valence-corrected chi connectivity index (χ2v) is 4.98. The topological polar surface area (TPSA) is 83.4 Å². The average Bonchev–Trinajstić information content (AvgIpc) is 2.93. The number of halogens is 1. The lowest BCUT2D eigenvalue weighted by Gasteiger charge is -2.14. The molecule has 0 saturated carbocycles. The van der Waals surface area contributed by atoms with E-state index in [1.165, 1.54) is 6.92 Å². The highest BCUT2D eigenvalue weighted by Gasteiger charge is 2.25. The summed E-state index contributed by atoms with van der Waals surface area (Å²) in [6, 6.07) is 1.58. The van der Waals surface area contributed by atoms with Crippen molar-refractivity contribution in [3.8, 4) is 0 Å². The molecule has 3 N–H and O–H groups in total. The van der Waals surface area contributed by atoms with Gasteiger partial charge in [-0.2, -0.15) is 0 Å². The van der Waals surface area contributed by atoms with Gasteiger partial charge in [0, 0.05) is 44.4 Å². The van der Waals surface area contributed by atoms with Crippen molar-refractivity contribution in [2.75, 3.05) is 19.6 Å². The highest BCUT2D eigenvalue weighted by atomic mass is 35.5. The number of hydrogen-bond acceptors (Lipinski definition) is 4. The third-order valence-electron chi connectivity index (χ3n) is 3.47. The van der Waals surface area contributed by atoms with Gasteiger partial charge in [0.2, 0.25) is 0 Å². The Kier molecular flexibility index (Phi) is 5.74. The number of aliphatic hydroxyl groups is 1. The maximum atomic E-state index is 12.0. The van der Waals surface area contributed by atoms with Crippen molar-refractivity contribution in [2.24, 2.45) is 13.0 Å². The number of amides is 1. The SMILES string of the molecule is CC(=O)c1cc(C(=O)NCC2CNCC2O)n(C)c1.Cl. The molecule has 2 atom stereocenters. The van der Waals surface area contributed by atoms with Gasteiger partial charge in [-0.15, -0.1) is 12.4 Å². The number of aromatic nitrogens is 1. The second kappa shape index (κ2) is 6.88. The third-order valence-corrected chi connectivity index (χ3v) is 3.47. The normalized spacial score (nSPS) is 21.4. The summed E-state index contributed by atoms with van der Waals surface area (Å²) in [4.78, 5) is 23.3. The number of hydrogen-bond donors (Lipinski definition) is 3. The fourth-order valence-electron chi connectivity index (χ4n) is 2.22. The number of nitrogens with zero attached hydrogens (tertiary/aromatic N) is 1. The molecule has 0 radical (unpaired) electrons. The number of rotatable bonds is 4. The van der Waals surface area contributed by atoms with Crippen LogP contribution < -0.4 is 10.6 Å². The zero-order valence-corrected chi connectivity index (χ0v) is 12.4. The van der Waals surface area contributed by atoms with Crippen LogP contribution in [0.1, 0.15) is 27.8 Å². The summed E-state index contributed by atoms with van der Waals surface area (Å²) in [5, 5.41) is 15.5. The van der Waals surface area contributed by atoms with Gasteiger partial charge >= 0.3 is 0 Å². The standard InChI is InChI=1S/C13H19N3O3.ClH/c1-8(17)9-3-11(16(2)7-9)13(19)15-5-10-4-14-6-12(10)18;/h3,7,10,12,14,18H,4-6H2,1-2H3,(H,15,19);1H. The molecule has 0 aromatic carbocycles. The van der Waals surface area contributed by atoms with Gasteiger partial charge < -0.3 is 20.3 Å². The minimum Gasteiger partial charge on any atom is -0.391 e. The zero-order valence-electron chi connectivity index (χ0n) is 11.5. The first-order chi connectivity index (χ1) is 8.99. The van der Waals surface area contributed by atoms with E-state index in [1.807, 2.05) is 0 Å². The number of aryl methyl sites for hydroxylation is 1. The van der Waals surface area contributed by atoms with Crippen LogP contribution in [0.25, 0.3) is 0 Å². The van der Waals surface area contributed by atoms with Gasteiger partial charge in [0.05, 0.1) is 6.10 Å². The van der Waals surface area contributed by atoms with E-state index < -0.39 is 6.10 Å². The molecule has 0 spiro atoms. The molecule has 1 aliphatic heterocycles. The first-order valence-electron chi connectivity index (χ1n) is 6.33. The Morgan fingerprint density at radius 1 is 1.50 bits per heavy atom. The minimum absolute atomic E-state index is 0. The van der Waals surface area contributed by atoms with Gasteiger partial charge in [0.15, 0.2) is 5.78 Å². The maximum absolute atomic E-state index is 12.0. The van der Waals surface area contributed by atoms with E-state index in [0.717, 1.165) is 0 Å². The summed E-state index contributed by atoms with van der Waals surface area (Å²) in [6.45, 7) is 3.16. The van der Waals surface area contributed by atoms with Crippen LogP contribution in [0.2, 0.25) is 0 Å². The molecule has 6 nitrogen and oxygen atoms in total. The number of aliphatic hydroxyl groups excluding tert-OH is 1. The van der Waals surface area contributed by atoms with Gasteiger partial charge in [-0.05, 0) is 13.0 Å². The molecule has 0 aliphatic carbocycles. The molecule has 1 aromatic rings. The highest BCUT2D eigenvalue weighted by molar-refractivity contribution is 5.99. The quantitative estimate of drug-likeness (QED) is 0.682. The van der Waals surface area contributed by atoms with Crippen molar-refractivity contribution >= 4 is 24.1 Å². The lowest BCUT2D eigenvalue weighted by Crippen LogP contribution is -2.35.